The lowest BCUT2D eigenvalue weighted by Crippen LogP contribution is -1.58. The average molecular weight is 84.1 g/mol. The molecule has 0 aliphatic heterocycles. The molecule has 2 heteroatoms. The van der Waals surface area contributed by atoms with Crippen LogP contribution in [0.4, 0.5) is 0 Å². The minimum Gasteiger partial charge on any atom is -0.198 e. The summed E-state index contributed by atoms with van der Waals surface area (Å²) in [7, 11) is 0. The van der Waals surface area contributed by atoms with Gasteiger partial charge in [0.05, 0.1) is 12.1 Å². The molecule has 30 valence electrons. The normalized spacial score (nSPS) is 20.3. The van der Waals surface area contributed by atoms with Gasteiger partial charge >= 0.3 is 0 Å². The molecule has 0 aromatic heterocycles. The molecule has 2 nitrogen and oxygen atoms in total. The van der Waals surface area contributed by atoms with Crippen molar-refractivity contribution in [1.29, 1.82) is 10.5 Å². The molecule has 0 fully saturated rings. The lowest BCUT2D eigenvalue weighted by atomic mass is 10.4. The number of nitrogens with zero attached hydrogens (tertiary/aromatic N) is 2. The second-order valence-electron chi connectivity index (χ2n) is 0.474. The molecule has 0 heterocycles. The summed E-state index contributed by atoms with van der Waals surface area (Å²) < 4.78 is 26.7. The Bertz CT molecular complexity index is 184. The zero-order chi connectivity index (χ0) is 8.41. The van der Waals surface area contributed by atoms with Crippen LogP contribution in [0, 0.1) is 22.7 Å². The zero-order valence-corrected chi connectivity index (χ0v) is 2.89. The van der Waals surface area contributed by atoms with Crippen LogP contribution in [0.1, 0.15) is 18.2 Å². The van der Waals surface area contributed by atoms with Crippen LogP contribution in [0.5, 0.6) is 0 Å². The molecule has 0 rings (SSSR count). The van der Waals surface area contributed by atoms with Gasteiger partial charge in [-0.1, -0.05) is 0 Å². The Morgan fingerprint density at radius 1 is 1.33 bits per heavy atom. The van der Waals surface area contributed by atoms with Crippen LogP contribution < -0.4 is 0 Å². The summed E-state index contributed by atoms with van der Waals surface area (Å²) in [5.41, 5.74) is 0. The Morgan fingerprint density at radius 2 is 1.67 bits per heavy atom. The van der Waals surface area contributed by atoms with Crippen LogP contribution in [-0.4, -0.2) is 0 Å². The van der Waals surface area contributed by atoms with E-state index in [-0.39, 0.29) is 0 Å². The molecule has 0 unspecified atom stereocenters. The molecule has 0 aliphatic carbocycles. The molecule has 0 saturated heterocycles. The molecular formula is C4H4N2. The van der Waals surface area contributed by atoms with Gasteiger partial charge in [0, 0.05) is 18.2 Å². The monoisotopic (exact) mass is 84.1 g/mol. The van der Waals surface area contributed by atoms with E-state index in [1.165, 1.54) is 0 Å². The maximum absolute atomic E-state index is 8.04. The predicted octanol–water partition coefficient (Wildman–Crippen LogP) is 0.814. The highest BCUT2D eigenvalue weighted by atomic mass is 14.2. The van der Waals surface area contributed by atoms with Crippen molar-refractivity contribution >= 4 is 0 Å². The van der Waals surface area contributed by atoms with Crippen LogP contribution in [0.3, 0.4) is 0 Å². The Kier molecular flexibility index (Phi) is 0.822. The Labute approximate surface area is 42.2 Å². The van der Waals surface area contributed by atoms with Gasteiger partial charge < -0.3 is 0 Å². The van der Waals surface area contributed by atoms with E-state index in [2.05, 4.69) is 0 Å². The Hall–Kier alpha value is -1.02. The number of nitriles is 2. The summed E-state index contributed by atoms with van der Waals surface area (Å²) in [6, 6.07) is 2.14. The first-order chi connectivity index (χ1) is 4.37. The van der Waals surface area contributed by atoms with Gasteiger partial charge in [0.2, 0.25) is 0 Å². The van der Waals surface area contributed by atoms with Gasteiger partial charge in [0.1, 0.15) is 0 Å². The smallest absolute Gasteiger partial charge is 0.0632 e. The minimum absolute atomic E-state index is 1.07. The van der Waals surface area contributed by atoms with Crippen molar-refractivity contribution in [2.75, 3.05) is 0 Å². The average Bonchev–Trinajstić information content (AvgIpc) is 1.88. The molecule has 0 saturated carbocycles. The maximum atomic E-state index is 8.04. The molecule has 0 amide bonds. The fraction of sp³-hybridized carbons (Fsp3) is 0.500. The van der Waals surface area contributed by atoms with E-state index >= 15 is 0 Å². The zero-order valence-electron chi connectivity index (χ0n) is 6.89. The van der Waals surface area contributed by atoms with Gasteiger partial charge in [-0.05, 0) is 0 Å². The first kappa shape index (κ1) is 1.24. The minimum atomic E-state index is -2.73. The fourth-order valence-electron chi connectivity index (χ4n) is 0.0559. The van der Waals surface area contributed by atoms with Gasteiger partial charge in [-0.2, -0.15) is 10.5 Å². The van der Waals surface area contributed by atoms with Crippen molar-refractivity contribution in [1.82, 2.24) is 0 Å². The largest absolute Gasteiger partial charge is 0.198 e. The molecule has 0 spiro atoms. The van der Waals surface area contributed by atoms with Crippen molar-refractivity contribution in [2.24, 2.45) is 0 Å². The van der Waals surface area contributed by atoms with E-state index in [4.69, 9.17) is 16.0 Å². The first-order valence-electron chi connectivity index (χ1n) is 3.20. The van der Waals surface area contributed by atoms with E-state index in [1.54, 1.807) is 0 Å². The molecule has 0 atom stereocenters. The Balaban J connectivity index is 4.71. The molecule has 0 bridgehead atoms. The third-order valence-corrected chi connectivity index (χ3v) is 0.174. The summed E-state index contributed by atoms with van der Waals surface area (Å²) in [6.07, 6.45) is -5.47. The number of hydrogen-bond acceptors (Lipinski definition) is 2. The van der Waals surface area contributed by atoms with Crippen molar-refractivity contribution in [3.05, 3.63) is 0 Å². The van der Waals surface area contributed by atoms with Crippen molar-refractivity contribution in [2.45, 2.75) is 12.7 Å². The lowest BCUT2D eigenvalue weighted by Gasteiger charge is -1.63. The number of rotatable bonds is 1. The topological polar surface area (TPSA) is 47.6 Å². The first-order valence-corrected chi connectivity index (χ1v) is 1.20. The van der Waals surface area contributed by atoms with Crippen molar-refractivity contribution in [3.8, 4) is 12.1 Å². The fourth-order valence-corrected chi connectivity index (χ4v) is 0.0559. The van der Waals surface area contributed by atoms with Crippen LogP contribution >= 0.6 is 0 Å². The van der Waals surface area contributed by atoms with E-state index in [0.29, 0.717) is 0 Å². The van der Waals surface area contributed by atoms with Gasteiger partial charge in [-0.15, -0.1) is 0 Å². The predicted molar refractivity (Wildman–Crippen MR) is 20.5 cm³/mol. The van der Waals surface area contributed by atoms with Gasteiger partial charge in [-0.3, -0.25) is 0 Å². The molecular weight excluding hydrogens is 76.1 g/mol. The summed E-state index contributed by atoms with van der Waals surface area (Å²) in [5, 5.41) is 16.1. The van der Waals surface area contributed by atoms with Gasteiger partial charge in [-0.25, -0.2) is 0 Å². The highest BCUT2D eigenvalue weighted by Gasteiger charge is 1.72. The quantitative estimate of drug-likeness (QED) is 0.472. The van der Waals surface area contributed by atoms with E-state index in [1.807, 2.05) is 0 Å². The van der Waals surface area contributed by atoms with E-state index < -0.39 is 12.7 Å². The van der Waals surface area contributed by atoms with E-state index in [0.717, 1.165) is 12.1 Å². The van der Waals surface area contributed by atoms with Crippen LogP contribution in [0.15, 0.2) is 0 Å². The SMILES string of the molecule is [2H]C([2H])(C#N)C([2H])([2H])C#N. The second-order valence-corrected chi connectivity index (χ2v) is 0.474. The van der Waals surface area contributed by atoms with Crippen LogP contribution in [0.2, 0.25) is 0 Å². The van der Waals surface area contributed by atoms with Crippen molar-refractivity contribution < 1.29 is 5.48 Å². The van der Waals surface area contributed by atoms with Crippen LogP contribution in [0.25, 0.3) is 0 Å². The third kappa shape index (κ3) is 2.98. The number of hydrogen-bond donors (Lipinski definition) is 0. The molecule has 0 aliphatic rings. The Morgan fingerprint density at radius 3 is 1.83 bits per heavy atom. The molecule has 6 heavy (non-hydrogen) atoms. The molecule has 0 N–H and O–H groups in total. The molecule has 0 aromatic carbocycles. The van der Waals surface area contributed by atoms with Crippen LogP contribution in [-0.2, 0) is 0 Å². The summed E-state index contributed by atoms with van der Waals surface area (Å²) in [6.45, 7) is 0. The third-order valence-electron chi connectivity index (χ3n) is 0.174. The standard InChI is InChI=1S/C4H4N2/c5-3-1-2-4-6/h1-2H2/i1D2,2D2. The molecule has 0 aromatic rings. The summed E-state index contributed by atoms with van der Waals surface area (Å²) in [5.74, 6) is 0. The highest BCUT2D eigenvalue weighted by molar-refractivity contribution is 4.78. The molecule has 0 radical (unpaired) electrons. The summed E-state index contributed by atoms with van der Waals surface area (Å²) in [4.78, 5) is 0. The summed E-state index contributed by atoms with van der Waals surface area (Å²) >= 11 is 0. The van der Waals surface area contributed by atoms with Gasteiger partial charge in [0.15, 0.2) is 0 Å². The maximum Gasteiger partial charge on any atom is 0.0632 e. The van der Waals surface area contributed by atoms with E-state index in [9.17, 15) is 0 Å². The lowest BCUT2D eigenvalue weighted by molar-refractivity contribution is 1.07. The van der Waals surface area contributed by atoms with Crippen molar-refractivity contribution in [3.63, 3.8) is 0 Å². The highest BCUT2D eigenvalue weighted by Crippen LogP contribution is 1.78. The second kappa shape index (κ2) is 3.98. The van der Waals surface area contributed by atoms with Gasteiger partial charge in [0.25, 0.3) is 0 Å².